The van der Waals surface area contributed by atoms with Gasteiger partial charge in [0.25, 0.3) is 0 Å². The first-order chi connectivity index (χ1) is 6.79. The second kappa shape index (κ2) is 3.80. The summed E-state index contributed by atoms with van der Waals surface area (Å²) in [6, 6.07) is 6.30. The minimum atomic E-state index is 0.717. The van der Waals surface area contributed by atoms with E-state index < -0.39 is 0 Å². The minimum absolute atomic E-state index is 0.717. The number of nitrogens with two attached hydrogens (primary N) is 1. The molecule has 0 radical (unpaired) electrons. The first kappa shape index (κ1) is 9.21. The third-order valence-corrected chi connectivity index (χ3v) is 2.30. The van der Waals surface area contributed by atoms with Gasteiger partial charge in [-0.1, -0.05) is 11.6 Å². The van der Waals surface area contributed by atoms with E-state index in [0.717, 1.165) is 25.0 Å². The van der Waals surface area contributed by atoms with Gasteiger partial charge in [-0.2, -0.15) is 5.10 Å². The predicted molar refractivity (Wildman–Crippen MR) is 58.1 cm³/mol. The van der Waals surface area contributed by atoms with Crippen molar-refractivity contribution in [1.29, 1.82) is 0 Å². The van der Waals surface area contributed by atoms with Crippen LogP contribution in [0.3, 0.4) is 0 Å². The summed E-state index contributed by atoms with van der Waals surface area (Å²) in [6.45, 7) is 3.72. The molecule has 2 aromatic rings. The highest BCUT2D eigenvalue weighted by Gasteiger charge is 1.99. The van der Waals surface area contributed by atoms with Crippen molar-refractivity contribution in [3.63, 3.8) is 0 Å². The van der Waals surface area contributed by atoms with Crippen molar-refractivity contribution in [1.82, 2.24) is 9.78 Å². The zero-order valence-corrected chi connectivity index (χ0v) is 8.40. The third kappa shape index (κ3) is 1.77. The molecule has 0 atom stereocenters. The smallest absolute Gasteiger partial charge is 0.0923 e. The van der Waals surface area contributed by atoms with Crippen molar-refractivity contribution < 1.29 is 0 Å². The Kier molecular flexibility index (Phi) is 2.50. The molecule has 0 saturated carbocycles. The van der Waals surface area contributed by atoms with Crippen molar-refractivity contribution in [2.24, 2.45) is 5.73 Å². The molecule has 2 rings (SSSR count). The molecule has 0 unspecified atom stereocenters. The monoisotopic (exact) mass is 189 g/mol. The standard InChI is InChI=1S/C11H15N3/c1-9-3-4-11-10(7-9)8-14(13-11)6-2-5-12/h3-4,7-8H,2,5-6,12H2,1H3. The topological polar surface area (TPSA) is 43.8 Å². The molecule has 0 bridgehead atoms. The fraction of sp³-hybridized carbons (Fsp3) is 0.364. The van der Waals surface area contributed by atoms with Gasteiger partial charge in [-0.25, -0.2) is 0 Å². The van der Waals surface area contributed by atoms with Gasteiger partial charge in [0, 0.05) is 18.1 Å². The van der Waals surface area contributed by atoms with E-state index >= 15 is 0 Å². The fourth-order valence-corrected chi connectivity index (χ4v) is 1.56. The highest BCUT2D eigenvalue weighted by Crippen LogP contribution is 2.13. The zero-order valence-electron chi connectivity index (χ0n) is 8.40. The lowest BCUT2D eigenvalue weighted by Gasteiger charge is -1.96. The Bertz CT molecular complexity index is 431. The molecule has 3 nitrogen and oxygen atoms in total. The summed E-state index contributed by atoms with van der Waals surface area (Å²) in [5.41, 5.74) is 7.79. The van der Waals surface area contributed by atoms with Gasteiger partial charge in [-0.3, -0.25) is 4.68 Å². The highest BCUT2D eigenvalue weighted by molar-refractivity contribution is 5.78. The normalized spacial score (nSPS) is 11.0. The van der Waals surface area contributed by atoms with Gasteiger partial charge in [-0.15, -0.1) is 0 Å². The van der Waals surface area contributed by atoms with Gasteiger partial charge in [-0.05, 0) is 32.0 Å². The van der Waals surface area contributed by atoms with Gasteiger partial charge in [0.05, 0.1) is 5.52 Å². The Labute approximate surface area is 83.5 Å². The summed E-state index contributed by atoms with van der Waals surface area (Å²) in [5.74, 6) is 0. The fourth-order valence-electron chi connectivity index (χ4n) is 1.56. The van der Waals surface area contributed by atoms with Crippen LogP contribution in [0.1, 0.15) is 12.0 Å². The number of benzene rings is 1. The Morgan fingerprint density at radius 3 is 3.07 bits per heavy atom. The van der Waals surface area contributed by atoms with Gasteiger partial charge in [0.2, 0.25) is 0 Å². The molecule has 1 aromatic heterocycles. The molecule has 14 heavy (non-hydrogen) atoms. The maximum Gasteiger partial charge on any atom is 0.0923 e. The number of aryl methyl sites for hydroxylation is 2. The molecule has 1 heterocycles. The molecule has 0 spiro atoms. The molecule has 74 valence electrons. The molecule has 0 aliphatic rings. The number of rotatable bonds is 3. The summed E-state index contributed by atoms with van der Waals surface area (Å²) in [4.78, 5) is 0. The average Bonchev–Trinajstić information content (AvgIpc) is 2.56. The van der Waals surface area contributed by atoms with Crippen LogP contribution in [0.25, 0.3) is 10.9 Å². The zero-order chi connectivity index (χ0) is 9.97. The van der Waals surface area contributed by atoms with Gasteiger partial charge in [0.15, 0.2) is 0 Å². The summed E-state index contributed by atoms with van der Waals surface area (Å²) < 4.78 is 1.97. The molecule has 2 N–H and O–H groups in total. The molecular formula is C11H15N3. The molecular weight excluding hydrogens is 174 g/mol. The molecule has 0 aliphatic carbocycles. The first-order valence-corrected chi connectivity index (χ1v) is 4.93. The first-order valence-electron chi connectivity index (χ1n) is 4.93. The minimum Gasteiger partial charge on any atom is -0.330 e. The van der Waals surface area contributed by atoms with Crippen molar-refractivity contribution in [3.8, 4) is 0 Å². The SMILES string of the molecule is Cc1ccc2nn(CCCN)cc2c1. The largest absolute Gasteiger partial charge is 0.330 e. The van der Waals surface area contributed by atoms with E-state index in [1.807, 2.05) is 4.68 Å². The van der Waals surface area contributed by atoms with Crippen LogP contribution >= 0.6 is 0 Å². The van der Waals surface area contributed by atoms with Crippen LogP contribution in [-0.4, -0.2) is 16.3 Å². The Balaban J connectivity index is 2.32. The van der Waals surface area contributed by atoms with Crippen LogP contribution in [0.2, 0.25) is 0 Å². The van der Waals surface area contributed by atoms with E-state index in [2.05, 4.69) is 36.4 Å². The van der Waals surface area contributed by atoms with Gasteiger partial charge < -0.3 is 5.73 Å². The predicted octanol–water partition coefficient (Wildman–Crippen LogP) is 1.69. The highest BCUT2D eigenvalue weighted by atomic mass is 15.3. The van der Waals surface area contributed by atoms with Crippen LogP contribution in [-0.2, 0) is 6.54 Å². The van der Waals surface area contributed by atoms with Crippen molar-refractivity contribution in [2.75, 3.05) is 6.54 Å². The number of fused-ring (bicyclic) bond motifs is 1. The van der Waals surface area contributed by atoms with E-state index in [-0.39, 0.29) is 0 Å². The maximum absolute atomic E-state index is 5.45. The van der Waals surface area contributed by atoms with Crippen molar-refractivity contribution >= 4 is 10.9 Å². The lowest BCUT2D eigenvalue weighted by atomic mass is 10.2. The molecule has 0 amide bonds. The van der Waals surface area contributed by atoms with E-state index in [9.17, 15) is 0 Å². The van der Waals surface area contributed by atoms with E-state index in [1.54, 1.807) is 0 Å². The second-order valence-corrected chi connectivity index (χ2v) is 3.60. The van der Waals surface area contributed by atoms with Crippen LogP contribution in [0.15, 0.2) is 24.4 Å². The van der Waals surface area contributed by atoms with E-state index in [1.165, 1.54) is 10.9 Å². The summed E-state index contributed by atoms with van der Waals surface area (Å²) in [5, 5.41) is 5.66. The molecule has 1 aromatic carbocycles. The lowest BCUT2D eigenvalue weighted by Crippen LogP contribution is -2.05. The molecule has 0 saturated heterocycles. The van der Waals surface area contributed by atoms with Crippen LogP contribution in [0.5, 0.6) is 0 Å². The number of aromatic nitrogens is 2. The van der Waals surface area contributed by atoms with Crippen LogP contribution in [0, 0.1) is 6.92 Å². The Morgan fingerprint density at radius 2 is 2.29 bits per heavy atom. The van der Waals surface area contributed by atoms with Crippen molar-refractivity contribution in [3.05, 3.63) is 30.0 Å². The van der Waals surface area contributed by atoms with Crippen LogP contribution < -0.4 is 5.73 Å². The van der Waals surface area contributed by atoms with E-state index in [4.69, 9.17) is 5.73 Å². The number of hydrogen-bond acceptors (Lipinski definition) is 2. The lowest BCUT2D eigenvalue weighted by molar-refractivity contribution is 0.590. The molecule has 3 heteroatoms. The summed E-state index contributed by atoms with van der Waals surface area (Å²) in [6.07, 6.45) is 3.06. The Morgan fingerprint density at radius 1 is 1.43 bits per heavy atom. The van der Waals surface area contributed by atoms with Gasteiger partial charge >= 0.3 is 0 Å². The maximum atomic E-state index is 5.45. The number of nitrogens with zero attached hydrogens (tertiary/aromatic N) is 2. The summed E-state index contributed by atoms with van der Waals surface area (Å²) >= 11 is 0. The molecule has 0 aliphatic heterocycles. The third-order valence-electron chi connectivity index (χ3n) is 2.30. The quantitative estimate of drug-likeness (QED) is 0.798. The Hall–Kier alpha value is -1.35. The molecule has 0 fully saturated rings. The summed E-state index contributed by atoms with van der Waals surface area (Å²) in [7, 11) is 0. The average molecular weight is 189 g/mol. The second-order valence-electron chi connectivity index (χ2n) is 3.60. The van der Waals surface area contributed by atoms with E-state index in [0.29, 0.717) is 0 Å². The van der Waals surface area contributed by atoms with Gasteiger partial charge in [0.1, 0.15) is 0 Å². The number of hydrogen-bond donors (Lipinski definition) is 1. The van der Waals surface area contributed by atoms with Crippen LogP contribution in [0.4, 0.5) is 0 Å². The van der Waals surface area contributed by atoms with Crippen molar-refractivity contribution in [2.45, 2.75) is 19.9 Å².